The summed E-state index contributed by atoms with van der Waals surface area (Å²) in [6.45, 7) is 14.0. The van der Waals surface area contributed by atoms with Gasteiger partial charge in [-0.1, -0.05) is 59.7 Å². The van der Waals surface area contributed by atoms with Gasteiger partial charge in [0.25, 0.3) is 0 Å². The molecule has 0 aliphatic heterocycles. The van der Waals surface area contributed by atoms with Crippen LogP contribution in [0.15, 0.2) is 24.3 Å². The molecule has 16 heavy (non-hydrogen) atoms. The van der Waals surface area contributed by atoms with Crippen molar-refractivity contribution < 1.29 is 4.74 Å². The highest BCUT2D eigenvalue weighted by Crippen LogP contribution is 2.31. The molecule has 1 aromatic rings. The average Bonchev–Trinajstić information content (AvgIpc) is 2.12. The molecule has 0 atom stereocenters. The predicted molar refractivity (Wildman–Crippen MR) is 70.1 cm³/mol. The van der Waals surface area contributed by atoms with Gasteiger partial charge in [-0.25, -0.2) is 0 Å². The third kappa shape index (κ3) is 3.88. The van der Waals surface area contributed by atoms with Crippen LogP contribution >= 0.6 is 0 Å². The molecule has 0 spiro atoms. The highest BCUT2D eigenvalue weighted by atomic mass is 16.5. The first-order valence-electron chi connectivity index (χ1n) is 5.92. The third-order valence-corrected chi connectivity index (χ3v) is 2.36. The molecule has 0 saturated heterocycles. The first-order chi connectivity index (χ1) is 7.20. The Balaban J connectivity index is 2.88. The first kappa shape index (κ1) is 13.1. The van der Waals surface area contributed by atoms with E-state index in [1.165, 1.54) is 5.56 Å². The van der Waals surface area contributed by atoms with Gasteiger partial charge >= 0.3 is 0 Å². The standard InChI is InChI=1S/C15H24O/c1-14(2,3)11-16-13-10-8-7-9-12(13)15(4,5)6/h7-10H,11H2,1-6H3. The molecule has 0 saturated carbocycles. The molecule has 0 amide bonds. The molecule has 0 N–H and O–H groups in total. The van der Waals surface area contributed by atoms with E-state index in [9.17, 15) is 0 Å². The number of para-hydroxylation sites is 1. The van der Waals surface area contributed by atoms with Gasteiger partial charge in [-0.05, 0) is 22.5 Å². The molecule has 1 heteroatoms. The van der Waals surface area contributed by atoms with Crippen molar-refractivity contribution in [3.63, 3.8) is 0 Å². The molecule has 0 fully saturated rings. The van der Waals surface area contributed by atoms with Crippen molar-refractivity contribution in [2.24, 2.45) is 5.41 Å². The Labute approximate surface area is 99.8 Å². The van der Waals surface area contributed by atoms with Crippen LogP contribution in [0.2, 0.25) is 0 Å². The molecule has 0 heterocycles. The van der Waals surface area contributed by atoms with Crippen molar-refractivity contribution in [3.8, 4) is 5.75 Å². The lowest BCUT2D eigenvalue weighted by Crippen LogP contribution is -2.19. The summed E-state index contributed by atoms with van der Waals surface area (Å²) in [5.41, 5.74) is 1.61. The van der Waals surface area contributed by atoms with Crippen LogP contribution in [-0.2, 0) is 5.41 Å². The fourth-order valence-electron chi connectivity index (χ4n) is 1.51. The second-order valence-electron chi connectivity index (χ2n) is 6.60. The van der Waals surface area contributed by atoms with Crippen molar-refractivity contribution >= 4 is 0 Å². The summed E-state index contributed by atoms with van der Waals surface area (Å²) in [4.78, 5) is 0. The Morgan fingerprint density at radius 2 is 1.50 bits per heavy atom. The second-order valence-corrected chi connectivity index (χ2v) is 6.60. The monoisotopic (exact) mass is 220 g/mol. The zero-order chi connectivity index (χ0) is 12.4. The summed E-state index contributed by atoms with van der Waals surface area (Å²) < 4.78 is 5.93. The van der Waals surface area contributed by atoms with E-state index in [0.717, 1.165) is 12.4 Å². The normalized spacial score (nSPS) is 12.6. The number of hydrogen-bond donors (Lipinski definition) is 0. The van der Waals surface area contributed by atoms with Gasteiger partial charge in [-0.3, -0.25) is 0 Å². The Kier molecular flexibility index (Phi) is 3.67. The maximum Gasteiger partial charge on any atom is 0.123 e. The smallest absolute Gasteiger partial charge is 0.123 e. The van der Waals surface area contributed by atoms with Gasteiger partial charge in [0, 0.05) is 0 Å². The maximum absolute atomic E-state index is 5.93. The van der Waals surface area contributed by atoms with Gasteiger partial charge in [-0.15, -0.1) is 0 Å². The van der Waals surface area contributed by atoms with Crippen molar-refractivity contribution in [2.75, 3.05) is 6.61 Å². The highest BCUT2D eigenvalue weighted by Gasteiger charge is 2.19. The third-order valence-electron chi connectivity index (χ3n) is 2.36. The highest BCUT2D eigenvalue weighted by molar-refractivity contribution is 5.38. The van der Waals surface area contributed by atoms with Crippen molar-refractivity contribution in [1.82, 2.24) is 0 Å². The number of hydrogen-bond acceptors (Lipinski definition) is 1. The van der Waals surface area contributed by atoms with Crippen LogP contribution in [0, 0.1) is 5.41 Å². The molecule has 90 valence electrons. The summed E-state index contributed by atoms with van der Waals surface area (Å²) in [6.07, 6.45) is 0. The molecule has 0 aliphatic rings. The number of ether oxygens (including phenoxy) is 1. The van der Waals surface area contributed by atoms with Crippen LogP contribution in [0.1, 0.15) is 47.1 Å². The SMILES string of the molecule is CC(C)(C)COc1ccccc1C(C)(C)C. The van der Waals surface area contributed by atoms with E-state index in [0.29, 0.717) is 0 Å². The first-order valence-corrected chi connectivity index (χ1v) is 5.92. The van der Waals surface area contributed by atoms with E-state index in [2.05, 4.69) is 59.7 Å². The van der Waals surface area contributed by atoms with Crippen molar-refractivity contribution in [3.05, 3.63) is 29.8 Å². The lowest BCUT2D eigenvalue weighted by molar-refractivity contribution is 0.194. The van der Waals surface area contributed by atoms with Crippen molar-refractivity contribution in [1.29, 1.82) is 0 Å². The Morgan fingerprint density at radius 1 is 0.938 bits per heavy atom. The molecule has 1 nitrogen and oxygen atoms in total. The van der Waals surface area contributed by atoms with Gasteiger partial charge in [0.15, 0.2) is 0 Å². The minimum absolute atomic E-state index is 0.133. The molecule has 0 bridgehead atoms. The lowest BCUT2D eigenvalue weighted by atomic mass is 9.86. The van der Waals surface area contributed by atoms with Crippen LogP contribution in [0.5, 0.6) is 5.75 Å². The van der Waals surface area contributed by atoms with E-state index < -0.39 is 0 Å². The van der Waals surface area contributed by atoms with E-state index in [4.69, 9.17) is 4.74 Å². The summed E-state index contributed by atoms with van der Waals surface area (Å²) in [5.74, 6) is 1.02. The Bertz CT molecular complexity index is 339. The number of benzene rings is 1. The summed E-state index contributed by atoms with van der Waals surface area (Å²) >= 11 is 0. The minimum Gasteiger partial charge on any atom is -0.493 e. The fraction of sp³-hybridized carbons (Fsp3) is 0.600. The quantitative estimate of drug-likeness (QED) is 0.717. The molecule has 0 aromatic heterocycles. The van der Waals surface area contributed by atoms with Gasteiger partial charge < -0.3 is 4.74 Å². The van der Waals surface area contributed by atoms with Gasteiger partial charge in [0.2, 0.25) is 0 Å². The van der Waals surface area contributed by atoms with E-state index in [1.807, 2.05) is 6.07 Å². The number of rotatable bonds is 2. The molecule has 0 aliphatic carbocycles. The molecule has 1 rings (SSSR count). The van der Waals surface area contributed by atoms with Gasteiger partial charge in [-0.2, -0.15) is 0 Å². The zero-order valence-corrected chi connectivity index (χ0v) is 11.4. The van der Waals surface area contributed by atoms with Gasteiger partial charge in [0.05, 0.1) is 6.61 Å². The molecular formula is C15H24O. The lowest BCUT2D eigenvalue weighted by Gasteiger charge is -2.25. The molecule has 0 unspecified atom stereocenters. The van der Waals surface area contributed by atoms with Crippen LogP contribution in [-0.4, -0.2) is 6.61 Å². The van der Waals surface area contributed by atoms with Crippen LogP contribution in [0.3, 0.4) is 0 Å². The topological polar surface area (TPSA) is 9.23 Å². The predicted octanol–water partition coefficient (Wildman–Crippen LogP) is 4.41. The minimum atomic E-state index is 0.133. The van der Waals surface area contributed by atoms with Crippen molar-refractivity contribution in [2.45, 2.75) is 47.0 Å². The average molecular weight is 220 g/mol. The van der Waals surface area contributed by atoms with Crippen LogP contribution in [0.4, 0.5) is 0 Å². The summed E-state index contributed by atoms with van der Waals surface area (Å²) in [6, 6.07) is 8.32. The molecule has 0 radical (unpaired) electrons. The fourth-order valence-corrected chi connectivity index (χ4v) is 1.51. The largest absolute Gasteiger partial charge is 0.493 e. The summed E-state index contributed by atoms with van der Waals surface area (Å²) in [7, 11) is 0. The maximum atomic E-state index is 5.93. The van der Waals surface area contributed by atoms with E-state index in [1.54, 1.807) is 0 Å². The molecule has 1 aromatic carbocycles. The van der Waals surface area contributed by atoms with Crippen LogP contribution < -0.4 is 4.74 Å². The van der Waals surface area contributed by atoms with Crippen LogP contribution in [0.25, 0.3) is 0 Å². The Hall–Kier alpha value is -0.980. The second kappa shape index (κ2) is 4.48. The van der Waals surface area contributed by atoms with Gasteiger partial charge in [0.1, 0.15) is 5.75 Å². The molecular weight excluding hydrogens is 196 g/mol. The van der Waals surface area contributed by atoms with E-state index >= 15 is 0 Å². The Morgan fingerprint density at radius 3 is 2.00 bits per heavy atom. The van der Waals surface area contributed by atoms with E-state index in [-0.39, 0.29) is 10.8 Å². The summed E-state index contributed by atoms with van der Waals surface area (Å²) in [5, 5.41) is 0. The zero-order valence-electron chi connectivity index (χ0n) is 11.4.